The van der Waals surface area contributed by atoms with Gasteiger partial charge in [0.2, 0.25) is 0 Å². The van der Waals surface area contributed by atoms with Crippen molar-refractivity contribution in [2.24, 2.45) is 0 Å². The molecule has 166 valence electrons. The van der Waals surface area contributed by atoms with E-state index in [2.05, 4.69) is 16.8 Å². The van der Waals surface area contributed by atoms with Gasteiger partial charge in [-0.15, -0.1) is 0 Å². The van der Waals surface area contributed by atoms with E-state index >= 15 is 0 Å². The molecule has 2 aliphatic heterocycles. The number of thiazole rings is 1. The maximum absolute atomic E-state index is 12.7. The van der Waals surface area contributed by atoms with Crippen molar-refractivity contribution in [1.29, 1.82) is 0 Å². The van der Waals surface area contributed by atoms with Crippen LogP contribution in [0.25, 0.3) is 11.3 Å². The number of fused-ring (bicyclic) bond motifs is 2. The van der Waals surface area contributed by atoms with Crippen molar-refractivity contribution in [3.05, 3.63) is 59.5 Å². The van der Waals surface area contributed by atoms with Crippen LogP contribution in [0.1, 0.15) is 29.4 Å². The largest absolute Gasteiger partial charge is 0.462 e. The van der Waals surface area contributed by atoms with Gasteiger partial charge in [0, 0.05) is 30.7 Å². The summed E-state index contributed by atoms with van der Waals surface area (Å²) in [5, 5.41) is 0.901. The van der Waals surface area contributed by atoms with Crippen molar-refractivity contribution in [3.8, 4) is 22.8 Å². The molecule has 2 unspecified atom stereocenters. The summed E-state index contributed by atoms with van der Waals surface area (Å²) in [7, 11) is 2.22. The molecule has 5 rings (SSSR count). The SMILES string of the molecule is CCOC(=O)c1sc(N2CC3CCC(C2)N3C)nc1-c1ccc(Oc2ccccc2)cc1. The van der Waals surface area contributed by atoms with Crippen LogP contribution in [0.2, 0.25) is 0 Å². The summed E-state index contributed by atoms with van der Waals surface area (Å²) in [6, 6.07) is 18.5. The van der Waals surface area contributed by atoms with Crippen molar-refractivity contribution in [2.75, 3.05) is 31.6 Å². The number of ether oxygens (including phenoxy) is 2. The van der Waals surface area contributed by atoms with Crippen LogP contribution < -0.4 is 9.64 Å². The molecule has 0 N–H and O–H groups in total. The van der Waals surface area contributed by atoms with Gasteiger partial charge in [-0.2, -0.15) is 0 Å². The number of esters is 1. The highest BCUT2D eigenvalue weighted by molar-refractivity contribution is 7.18. The van der Waals surface area contributed by atoms with E-state index in [1.807, 2.05) is 61.5 Å². The summed E-state index contributed by atoms with van der Waals surface area (Å²) in [5.74, 6) is 1.21. The minimum absolute atomic E-state index is 0.312. The molecule has 2 fully saturated rings. The van der Waals surface area contributed by atoms with E-state index < -0.39 is 0 Å². The predicted molar refractivity (Wildman–Crippen MR) is 127 cm³/mol. The van der Waals surface area contributed by atoms with Gasteiger partial charge in [0.1, 0.15) is 16.4 Å². The van der Waals surface area contributed by atoms with Crippen molar-refractivity contribution in [3.63, 3.8) is 0 Å². The lowest BCUT2D eigenvalue weighted by Gasteiger charge is -2.38. The van der Waals surface area contributed by atoms with E-state index in [1.54, 1.807) is 0 Å². The molecule has 2 bridgehead atoms. The van der Waals surface area contributed by atoms with Crippen molar-refractivity contribution < 1.29 is 14.3 Å². The molecule has 0 aliphatic carbocycles. The molecule has 0 amide bonds. The number of rotatable bonds is 6. The lowest BCUT2D eigenvalue weighted by atomic mass is 10.1. The highest BCUT2D eigenvalue weighted by atomic mass is 32.1. The van der Waals surface area contributed by atoms with E-state index in [0.717, 1.165) is 35.3 Å². The number of nitrogens with zero attached hydrogens (tertiary/aromatic N) is 3. The molecule has 3 heterocycles. The molecular weight excluding hydrogens is 422 g/mol. The highest BCUT2D eigenvalue weighted by Gasteiger charge is 2.38. The number of likely N-dealkylation sites (N-methyl/N-ethyl adjacent to an activating group) is 1. The summed E-state index contributed by atoms with van der Waals surface area (Å²) in [6.07, 6.45) is 2.45. The maximum Gasteiger partial charge on any atom is 0.350 e. The molecule has 32 heavy (non-hydrogen) atoms. The van der Waals surface area contributed by atoms with Gasteiger partial charge >= 0.3 is 5.97 Å². The standard InChI is InChI=1S/C25H27N3O3S/c1-3-30-24(29)23-22(17-9-13-21(14-10-17)31-20-7-5-4-6-8-20)26-25(32-23)28-15-18-11-12-19(16-28)27(18)2/h4-10,13-14,18-19H,3,11-12,15-16H2,1-2H3. The van der Waals surface area contributed by atoms with Crippen molar-refractivity contribution in [2.45, 2.75) is 31.8 Å². The Bertz CT molecular complexity index is 1070. The maximum atomic E-state index is 12.7. The molecule has 2 aromatic carbocycles. The van der Waals surface area contributed by atoms with Crippen LogP contribution in [0.15, 0.2) is 54.6 Å². The first-order valence-electron chi connectivity index (χ1n) is 11.1. The molecule has 0 spiro atoms. The monoisotopic (exact) mass is 449 g/mol. The molecule has 7 heteroatoms. The Kier molecular flexibility index (Phi) is 5.85. The van der Waals surface area contributed by atoms with E-state index in [1.165, 1.54) is 24.2 Å². The zero-order valence-electron chi connectivity index (χ0n) is 18.4. The van der Waals surface area contributed by atoms with E-state index in [4.69, 9.17) is 14.5 Å². The Morgan fingerprint density at radius 2 is 1.69 bits per heavy atom. The average molecular weight is 450 g/mol. The number of para-hydroxylation sites is 1. The number of piperazine rings is 1. The van der Waals surface area contributed by atoms with Gasteiger partial charge in [-0.05, 0) is 63.2 Å². The van der Waals surface area contributed by atoms with Gasteiger partial charge in [0.25, 0.3) is 0 Å². The molecule has 0 saturated carbocycles. The van der Waals surface area contributed by atoms with Crippen LogP contribution in [-0.2, 0) is 4.74 Å². The number of anilines is 1. The predicted octanol–water partition coefficient (Wildman–Crippen LogP) is 5.06. The highest BCUT2D eigenvalue weighted by Crippen LogP contribution is 2.38. The van der Waals surface area contributed by atoms with Gasteiger partial charge in [-0.3, -0.25) is 4.90 Å². The molecule has 3 aromatic rings. The van der Waals surface area contributed by atoms with Crippen LogP contribution in [0, 0.1) is 0 Å². The van der Waals surface area contributed by atoms with Crippen LogP contribution in [0.5, 0.6) is 11.5 Å². The van der Waals surface area contributed by atoms with Gasteiger partial charge < -0.3 is 14.4 Å². The van der Waals surface area contributed by atoms with E-state index in [0.29, 0.717) is 29.3 Å². The fraction of sp³-hybridized carbons (Fsp3) is 0.360. The van der Waals surface area contributed by atoms with E-state index in [9.17, 15) is 4.79 Å². The number of benzene rings is 2. The first kappa shape index (κ1) is 21.0. The minimum Gasteiger partial charge on any atom is -0.462 e. The fourth-order valence-electron chi connectivity index (χ4n) is 4.55. The second-order valence-corrected chi connectivity index (χ2v) is 9.27. The molecular formula is C25H27N3O3S. The Hall–Kier alpha value is -2.90. The fourth-order valence-corrected chi connectivity index (χ4v) is 5.55. The van der Waals surface area contributed by atoms with Crippen LogP contribution in [0.3, 0.4) is 0 Å². The lowest BCUT2D eigenvalue weighted by molar-refractivity contribution is 0.0532. The number of carbonyl (C=O) groups excluding carboxylic acids is 1. The number of aromatic nitrogens is 1. The smallest absolute Gasteiger partial charge is 0.350 e. The summed E-state index contributed by atoms with van der Waals surface area (Å²) >= 11 is 1.44. The molecule has 6 nitrogen and oxygen atoms in total. The van der Waals surface area contributed by atoms with Gasteiger partial charge in [0.05, 0.1) is 12.3 Å². The number of carbonyl (C=O) groups is 1. The average Bonchev–Trinajstić information content (AvgIpc) is 3.32. The third-order valence-electron chi connectivity index (χ3n) is 6.30. The van der Waals surface area contributed by atoms with Crippen LogP contribution >= 0.6 is 11.3 Å². The topological polar surface area (TPSA) is 54.9 Å². The first-order chi connectivity index (χ1) is 15.6. The van der Waals surface area contributed by atoms with Gasteiger partial charge in [0.15, 0.2) is 5.13 Å². The van der Waals surface area contributed by atoms with Gasteiger partial charge in [-0.25, -0.2) is 9.78 Å². The molecule has 1 aromatic heterocycles. The third-order valence-corrected chi connectivity index (χ3v) is 7.40. The molecule has 2 saturated heterocycles. The normalized spacial score (nSPS) is 20.4. The second kappa shape index (κ2) is 8.92. The van der Waals surface area contributed by atoms with Gasteiger partial charge in [-0.1, -0.05) is 29.5 Å². The first-order valence-corrected chi connectivity index (χ1v) is 11.9. The quantitative estimate of drug-likeness (QED) is 0.490. The number of hydrogen-bond acceptors (Lipinski definition) is 7. The van der Waals surface area contributed by atoms with Crippen molar-refractivity contribution >= 4 is 22.4 Å². The van der Waals surface area contributed by atoms with E-state index in [-0.39, 0.29) is 5.97 Å². The number of hydrogen-bond donors (Lipinski definition) is 0. The lowest BCUT2D eigenvalue weighted by Crippen LogP contribution is -2.52. The van der Waals surface area contributed by atoms with Crippen LogP contribution in [-0.4, -0.2) is 54.7 Å². The second-order valence-electron chi connectivity index (χ2n) is 8.29. The summed E-state index contributed by atoms with van der Waals surface area (Å²) in [6.45, 7) is 4.07. The zero-order valence-corrected chi connectivity index (χ0v) is 19.2. The molecule has 2 aliphatic rings. The Morgan fingerprint density at radius 3 is 2.34 bits per heavy atom. The summed E-state index contributed by atoms with van der Waals surface area (Å²) in [4.78, 5) is 23.0. The van der Waals surface area contributed by atoms with Crippen LogP contribution in [0.4, 0.5) is 5.13 Å². The summed E-state index contributed by atoms with van der Waals surface area (Å²) in [5.41, 5.74) is 1.56. The Balaban J connectivity index is 1.42. The molecule has 2 atom stereocenters. The van der Waals surface area contributed by atoms with Crippen molar-refractivity contribution in [1.82, 2.24) is 9.88 Å². The third kappa shape index (κ3) is 4.10. The Morgan fingerprint density at radius 1 is 1.03 bits per heavy atom. The summed E-state index contributed by atoms with van der Waals surface area (Å²) < 4.78 is 11.2. The Labute approximate surface area is 192 Å². The minimum atomic E-state index is -0.312. The molecule has 0 radical (unpaired) electrons. The zero-order chi connectivity index (χ0) is 22.1.